The molecule has 0 radical (unpaired) electrons. The molecule has 0 spiro atoms. The Morgan fingerprint density at radius 1 is 0.843 bits per heavy atom. The van der Waals surface area contributed by atoms with E-state index in [0.717, 1.165) is 11.3 Å². The number of carbonyl (C=O) groups is 5. The van der Waals surface area contributed by atoms with E-state index in [9.17, 15) is 24.0 Å². The molecule has 0 bridgehead atoms. The average Bonchev–Trinajstić information content (AvgIpc) is 3.76. The molecule has 1 unspecified atom stereocenters. The Labute approximate surface area is 302 Å². The van der Waals surface area contributed by atoms with Gasteiger partial charge in [0.1, 0.15) is 16.5 Å². The molecule has 5 rings (SSSR count). The molecule has 51 heavy (non-hydrogen) atoms. The van der Waals surface area contributed by atoms with Gasteiger partial charge in [0.25, 0.3) is 17.7 Å². The second kappa shape index (κ2) is 17.1. The van der Waals surface area contributed by atoms with E-state index in [0.29, 0.717) is 33.2 Å². The molecule has 1 atom stereocenters. The number of thioether (sulfide) groups is 1. The van der Waals surface area contributed by atoms with Crippen LogP contribution in [0.1, 0.15) is 55.6 Å². The Morgan fingerprint density at radius 2 is 1.55 bits per heavy atom. The SMILES string of the molecule is CCOC(=O)c1c(NC(=O)C(C)Sc2cccc(NC(=O)/C(=C/c3ccco3)NC(=O)c3ccccc3)c2)sc(C(=O)Nc2ccccc2)c1C. The summed E-state index contributed by atoms with van der Waals surface area (Å²) < 4.78 is 10.6. The van der Waals surface area contributed by atoms with Gasteiger partial charge in [-0.05, 0) is 80.9 Å². The smallest absolute Gasteiger partial charge is 0.341 e. The van der Waals surface area contributed by atoms with Crippen LogP contribution in [0.25, 0.3) is 6.08 Å². The second-order valence-corrected chi connectivity index (χ2v) is 13.4. The van der Waals surface area contributed by atoms with Gasteiger partial charge in [-0.25, -0.2) is 4.79 Å². The van der Waals surface area contributed by atoms with Gasteiger partial charge >= 0.3 is 5.97 Å². The maximum absolute atomic E-state index is 13.4. The summed E-state index contributed by atoms with van der Waals surface area (Å²) in [5.41, 5.74) is 1.86. The standard InChI is InChI=1S/C38H34N4O7S2/c1-4-48-38(47)31-23(2)32(36(46)39-26-15-9-6-10-16-26)51-37(31)42-33(43)24(3)50-29-19-11-17-27(21-29)40-35(45)30(22-28-18-12-20-49-28)41-34(44)25-13-7-5-8-14-25/h5-22,24H,4H2,1-3H3,(H,39,46)(H,40,45)(H,41,44)(H,42,43)/b30-22-. The number of rotatable bonds is 13. The van der Waals surface area contributed by atoms with Gasteiger partial charge < -0.3 is 30.4 Å². The molecular weight excluding hydrogens is 689 g/mol. The maximum atomic E-state index is 13.4. The molecule has 2 heterocycles. The lowest BCUT2D eigenvalue weighted by atomic mass is 10.1. The summed E-state index contributed by atoms with van der Waals surface area (Å²) in [4.78, 5) is 66.8. The number of anilines is 3. The van der Waals surface area contributed by atoms with Gasteiger partial charge in [-0.3, -0.25) is 19.2 Å². The van der Waals surface area contributed by atoms with Crippen molar-refractivity contribution in [1.29, 1.82) is 0 Å². The Kier molecular flexibility index (Phi) is 12.2. The van der Waals surface area contributed by atoms with Crippen LogP contribution >= 0.6 is 23.1 Å². The first-order valence-corrected chi connectivity index (χ1v) is 17.5. The van der Waals surface area contributed by atoms with Crippen molar-refractivity contribution in [2.24, 2.45) is 0 Å². The fourth-order valence-electron chi connectivity index (χ4n) is 4.75. The summed E-state index contributed by atoms with van der Waals surface area (Å²) in [5.74, 6) is -2.17. The molecule has 4 amide bonds. The molecule has 0 saturated carbocycles. The summed E-state index contributed by atoms with van der Waals surface area (Å²) in [6.07, 6.45) is 2.88. The van der Waals surface area contributed by atoms with Gasteiger partial charge in [0.15, 0.2) is 0 Å². The van der Waals surface area contributed by atoms with Gasteiger partial charge in [-0.2, -0.15) is 0 Å². The Morgan fingerprint density at radius 3 is 2.24 bits per heavy atom. The number of hydrogen-bond donors (Lipinski definition) is 4. The summed E-state index contributed by atoms with van der Waals surface area (Å²) in [7, 11) is 0. The lowest BCUT2D eigenvalue weighted by molar-refractivity contribution is -0.115. The molecule has 0 saturated heterocycles. The van der Waals surface area contributed by atoms with E-state index in [4.69, 9.17) is 9.15 Å². The zero-order chi connectivity index (χ0) is 36.3. The second-order valence-electron chi connectivity index (χ2n) is 10.9. The zero-order valence-corrected chi connectivity index (χ0v) is 29.5. The zero-order valence-electron chi connectivity index (χ0n) is 27.9. The molecule has 0 aliphatic rings. The summed E-state index contributed by atoms with van der Waals surface area (Å²) >= 11 is 2.21. The summed E-state index contributed by atoms with van der Waals surface area (Å²) in [5, 5.41) is 10.6. The van der Waals surface area contributed by atoms with Crippen LogP contribution in [0.3, 0.4) is 0 Å². The molecule has 2 aromatic heterocycles. The van der Waals surface area contributed by atoms with Crippen LogP contribution in [0, 0.1) is 6.92 Å². The number of esters is 1. The van der Waals surface area contributed by atoms with Crippen molar-refractivity contribution in [3.8, 4) is 0 Å². The number of nitrogens with one attached hydrogen (secondary N) is 4. The number of thiophene rings is 1. The molecule has 11 nitrogen and oxygen atoms in total. The molecule has 13 heteroatoms. The van der Waals surface area contributed by atoms with Crippen LogP contribution in [0.4, 0.5) is 16.4 Å². The lowest BCUT2D eigenvalue weighted by Gasteiger charge is -2.14. The summed E-state index contributed by atoms with van der Waals surface area (Å²) in [6, 6.07) is 27.6. The number of benzene rings is 3. The van der Waals surface area contributed by atoms with Crippen molar-refractivity contribution >= 4 is 75.1 Å². The maximum Gasteiger partial charge on any atom is 0.341 e. The van der Waals surface area contributed by atoms with Crippen molar-refractivity contribution in [3.63, 3.8) is 0 Å². The first kappa shape index (κ1) is 36.4. The lowest BCUT2D eigenvalue weighted by Crippen LogP contribution is -2.30. The minimum absolute atomic E-state index is 0.0370. The predicted molar refractivity (Wildman–Crippen MR) is 199 cm³/mol. The third-order valence-corrected chi connectivity index (χ3v) is 9.53. The number of ether oxygens (including phenoxy) is 1. The highest BCUT2D eigenvalue weighted by molar-refractivity contribution is 8.00. The van der Waals surface area contributed by atoms with Gasteiger partial charge in [0.2, 0.25) is 5.91 Å². The predicted octanol–water partition coefficient (Wildman–Crippen LogP) is 7.61. The van der Waals surface area contributed by atoms with E-state index in [-0.39, 0.29) is 27.7 Å². The molecule has 260 valence electrons. The Hall–Kier alpha value is -5.92. The van der Waals surface area contributed by atoms with Crippen LogP contribution in [0.15, 0.2) is 118 Å². The Balaban J connectivity index is 1.29. The largest absolute Gasteiger partial charge is 0.465 e. The molecule has 3 aromatic carbocycles. The molecule has 0 aliphatic carbocycles. The first-order valence-electron chi connectivity index (χ1n) is 15.8. The van der Waals surface area contributed by atoms with Crippen molar-refractivity contribution in [2.45, 2.75) is 30.9 Å². The monoisotopic (exact) mass is 722 g/mol. The van der Waals surface area contributed by atoms with Crippen molar-refractivity contribution in [3.05, 3.63) is 136 Å². The molecule has 0 aliphatic heterocycles. The third kappa shape index (κ3) is 9.62. The quantitative estimate of drug-likeness (QED) is 0.0550. The highest BCUT2D eigenvalue weighted by atomic mass is 32.2. The number of carbonyl (C=O) groups excluding carboxylic acids is 5. The highest BCUT2D eigenvalue weighted by Crippen LogP contribution is 2.35. The van der Waals surface area contributed by atoms with Gasteiger partial charge in [0.05, 0.1) is 28.6 Å². The fourth-order valence-corrected chi connectivity index (χ4v) is 6.77. The highest BCUT2D eigenvalue weighted by Gasteiger charge is 2.28. The molecule has 0 fully saturated rings. The number of para-hydroxylation sites is 1. The van der Waals surface area contributed by atoms with Crippen LogP contribution < -0.4 is 21.3 Å². The fraction of sp³-hybridized carbons (Fsp3) is 0.132. The van der Waals surface area contributed by atoms with Crippen LogP contribution in [0.5, 0.6) is 0 Å². The normalized spacial score (nSPS) is 11.6. The van der Waals surface area contributed by atoms with Gasteiger partial charge in [-0.1, -0.05) is 42.5 Å². The minimum atomic E-state index is -0.658. The number of hydrogen-bond acceptors (Lipinski definition) is 9. The molecule has 4 N–H and O–H groups in total. The minimum Gasteiger partial charge on any atom is -0.465 e. The van der Waals surface area contributed by atoms with Gasteiger partial charge in [-0.15, -0.1) is 23.1 Å². The Bertz CT molecular complexity index is 2060. The topological polar surface area (TPSA) is 156 Å². The van der Waals surface area contributed by atoms with Crippen LogP contribution in [-0.4, -0.2) is 41.5 Å². The summed E-state index contributed by atoms with van der Waals surface area (Å²) in [6.45, 7) is 5.12. The van der Waals surface area contributed by atoms with Crippen LogP contribution in [-0.2, 0) is 14.3 Å². The van der Waals surface area contributed by atoms with E-state index in [1.807, 2.05) is 6.07 Å². The molecule has 5 aromatic rings. The number of furan rings is 1. The van der Waals surface area contributed by atoms with Crippen molar-refractivity contribution in [1.82, 2.24) is 5.32 Å². The van der Waals surface area contributed by atoms with Gasteiger partial charge in [0, 0.05) is 27.9 Å². The van der Waals surface area contributed by atoms with E-state index in [2.05, 4.69) is 21.3 Å². The average molecular weight is 723 g/mol. The van der Waals surface area contributed by atoms with E-state index < -0.39 is 34.8 Å². The van der Waals surface area contributed by atoms with Crippen molar-refractivity contribution < 1.29 is 33.1 Å². The number of amides is 4. The van der Waals surface area contributed by atoms with E-state index in [1.54, 1.807) is 112 Å². The molecular formula is C38H34N4O7S2. The first-order chi connectivity index (χ1) is 24.6. The van der Waals surface area contributed by atoms with Crippen LogP contribution in [0.2, 0.25) is 0 Å². The van der Waals surface area contributed by atoms with E-state index >= 15 is 0 Å². The third-order valence-electron chi connectivity index (χ3n) is 7.23. The van der Waals surface area contributed by atoms with E-state index in [1.165, 1.54) is 24.1 Å². The van der Waals surface area contributed by atoms with Crippen molar-refractivity contribution in [2.75, 3.05) is 22.6 Å².